The first-order valence-electron chi connectivity index (χ1n) is 12.2. The van der Waals surface area contributed by atoms with Gasteiger partial charge < -0.3 is 9.47 Å². The Bertz CT molecular complexity index is 1100. The summed E-state index contributed by atoms with van der Waals surface area (Å²) in [5, 5.41) is 0.829. The number of benzene rings is 2. The summed E-state index contributed by atoms with van der Waals surface area (Å²) in [5.74, 6) is -0.248. The van der Waals surface area contributed by atoms with Crippen LogP contribution in [0, 0.1) is 5.82 Å². The number of aromatic nitrogens is 2. The van der Waals surface area contributed by atoms with E-state index in [0.717, 1.165) is 54.3 Å². The molecule has 0 spiro atoms. The average molecular weight is 463 g/mol. The van der Waals surface area contributed by atoms with Crippen LogP contribution in [0.15, 0.2) is 61.3 Å². The van der Waals surface area contributed by atoms with E-state index >= 15 is 0 Å². The summed E-state index contributed by atoms with van der Waals surface area (Å²) in [7, 11) is 0. The van der Waals surface area contributed by atoms with Crippen LogP contribution in [0.1, 0.15) is 57.9 Å². The molecule has 5 heteroatoms. The standard InChI is InChI=1S/C29H35FN2O2/c1-4-6-10-18-33-22(3)11-8-7-9-12-23-13-15-26(27(30)19-23)24-14-16-28-25(20-24)21-31-29(32-28)34-17-5-2/h5,9,12-16,19-22H,2,4,6-8,10-11,17-18H2,1,3H3. The van der Waals surface area contributed by atoms with Gasteiger partial charge in [-0.25, -0.2) is 9.37 Å². The van der Waals surface area contributed by atoms with Crippen LogP contribution in [0.25, 0.3) is 28.1 Å². The third-order valence-electron chi connectivity index (χ3n) is 5.63. The molecule has 1 heterocycles. The molecule has 0 N–H and O–H groups in total. The molecular formula is C29H35FN2O2. The number of hydrogen-bond acceptors (Lipinski definition) is 4. The lowest BCUT2D eigenvalue weighted by Crippen LogP contribution is -2.08. The Kier molecular flexibility index (Phi) is 10.2. The molecule has 3 aromatic rings. The topological polar surface area (TPSA) is 44.2 Å². The Morgan fingerprint density at radius 2 is 2.00 bits per heavy atom. The fraction of sp³-hybridized carbons (Fsp3) is 0.379. The molecule has 0 aliphatic carbocycles. The molecule has 0 saturated heterocycles. The maximum atomic E-state index is 14.9. The zero-order valence-electron chi connectivity index (χ0n) is 20.3. The van der Waals surface area contributed by atoms with E-state index in [9.17, 15) is 4.39 Å². The van der Waals surface area contributed by atoms with Gasteiger partial charge in [0.2, 0.25) is 0 Å². The van der Waals surface area contributed by atoms with Gasteiger partial charge in [0.15, 0.2) is 0 Å². The van der Waals surface area contributed by atoms with Gasteiger partial charge >= 0.3 is 6.01 Å². The summed E-state index contributed by atoms with van der Waals surface area (Å²) >= 11 is 0. The van der Waals surface area contributed by atoms with Crippen molar-refractivity contribution in [2.24, 2.45) is 0 Å². The first-order chi connectivity index (χ1) is 16.6. The second-order valence-electron chi connectivity index (χ2n) is 8.49. The average Bonchev–Trinajstić information content (AvgIpc) is 2.85. The molecule has 0 amide bonds. The maximum absolute atomic E-state index is 14.9. The minimum atomic E-state index is -0.248. The highest BCUT2D eigenvalue weighted by atomic mass is 19.1. The number of fused-ring (bicyclic) bond motifs is 1. The molecule has 180 valence electrons. The zero-order chi connectivity index (χ0) is 24.2. The molecule has 1 aromatic heterocycles. The number of hydrogen-bond donors (Lipinski definition) is 0. The largest absolute Gasteiger partial charge is 0.459 e. The second kappa shape index (κ2) is 13.6. The van der Waals surface area contributed by atoms with Gasteiger partial charge in [0.1, 0.15) is 12.4 Å². The number of allylic oxidation sites excluding steroid dienone is 1. The summed E-state index contributed by atoms with van der Waals surface area (Å²) in [4.78, 5) is 8.58. The molecule has 1 unspecified atom stereocenters. The van der Waals surface area contributed by atoms with Crippen molar-refractivity contribution in [2.75, 3.05) is 13.2 Å². The monoisotopic (exact) mass is 462 g/mol. The van der Waals surface area contributed by atoms with Crippen molar-refractivity contribution < 1.29 is 13.9 Å². The van der Waals surface area contributed by atoms with E-state index in [4.69, 9.17) is 9.47 Å². The van der Waals surface area contributed by atoms with Crippen molar-refractivity contribution in [3.05, 3.63) is 72.7 Å². The summed E-state index contributed by atoms with van der Waals surface area (Å²) < 4.78 is 26.1. The van der Waals surface area contributed by atoms with Gasteiger partial charge in [-0.2, -0.15) is 4.98 Å². The van der Waals surface area contributed by atoms with Crippen molar-refractivity contribution in [3.8, 4) is 17.1 Å². The summed E-state index contributed by atoms with van der Waals surface area (Å²) in [6.07, 6.45) is 14.4. The van der Waals surface area contributed by atoms with Crippen LogP contribution in [0.4, 0.5) is 4.39 Å². The first kappa shape index (κ1) is 25.6. The molecule has 0 bridgehead atoms. The molecule has 34 heavy (non-hydrogen) atoms. The van der Waals surface area contributed by atoms with Gasteiger partial charge in [0.25, 0.3) is 0 Å². The Morgan fingerprint density at radius 1 is 1.12 bits per heavy atom. The number of rotatable bonds is 14. The minimum Gasteiger partial charge on any atom is -0.459 e. The predicted molar refractivity (Wildman–Crippen MR) is 138 cm³/mol. The van der Waals surface area contributed by atoms with Gasteiger partial charge in [-0.3, -0.25) is 0 Å². The molecular weight excluding hydrogens is 427 g/mol. The van der Waals surface area contributed by atoms with Crippen LogP contribution < -0.4 is 4.74 Å². The van der Waals surface area contributed by atoms with E-state index in [0.29, 0.717) is 24.3 Å². The fourth-order valence-corrected chi connectivity index (χ4v) is 3.72. The number of unbranched alkanes of at least 4 members (excludes halogenated alkanes) is 3. The van der Waals surface area contributed by atoms with Crippen molar-refractivity contribution in [1.29, 1.82) is 0 Å². The number of ether oxygens (including phenoxy) is 2. The summed E-state index contributed by atoms with van der Waals surface area (Å²) in [5.41, 5.74) is 2.95. The SMILES string of the molecule is C=CCOc1ncc2cc(-c3ccc(C=CCCCC(C)OCCCCC)cc3F)ccc2n1. The molecule has 0 aliphatic heterocycles. The fourth-order valence-electron chi connectivity index (χ4n) is 3.72. The number of nitrogens with zero attached hydrogens (tertiary/aromatic N) is 2. The smallest absolute Gasteiger partial charge is 0.317 e. The van der Waals surface area contributed by atoms with Crippen LogP contribution in [0.5, 0.6) is 6.01 Å². The molecule has 4 nitrogen and oxygen atoms in total. The molecule has 0 aliphatic rings. The van der Waals surface area contributed by atoms with Crippen molar-refractivity contribution in [2.45, 2.75) is 58.5 Å². The second-order valence-corrected chi connectivity index (χ2v) is 8.49. The van der Waals surface area contributed by atoms with Crippen LogP contribution in [-0.2, 0) is 4.74 Å². The van der Waals surface area contributed by atoms with Gasteiger partial charge in [-0.05, 0) is 61.9 Å². The summed E-state index contributed by atoms with van der Waals surface area (Å²) in [6.45, 7) is 9.16. The Morgan fingerprint density at radius 3 is 2.79 bits per heavy atom. The highest BCUT2D eigenvalue weighted by Gasteiger charge is 2.08. The lowest BCUT2D eigenvalue weighted by molar-refractivity contribution is 0.0566. The molecule has 0 radical (unpaired) electrons. The summed E-state index contributed by atoms with van der Waals surface area (Å²) in [6, 6.07) is 11.3. The van der Waals surface area contributed by atoms with Crippen LogP contribution in [0.2, 0.25) is 0 Å². The first-order valence-corrected chi connectivity index (χ1v) is 12.2. The number of halogens is 1. The normalized spacial score (nSPS) is 12.3. The van der Waals surface area contributed by atoms with E-state index in [-0.39, 0.29) is 5.82 Å². The highest BCUT2D eigenvalue weighted by molar-refractivity contribution is 5.84. The molecule has 2 aromatic carbocycles. The van der Waals surface area contributed by atoms with Crippen LogP contribution in [0.3, 0.4) is 0 Å². The third kappa shape index (κ3) is 7.77. The lowest BCUT2D eigenvalue weighted by Gasteiger charge is -2.12. The molecule has 3 rings (SSSR count). The van der Waals surface area contributed by atoms with Crippen molar-refractivity contribution in [3.63, 3.8) is 0 Å². The van der Waals surface area contributed by atoms with E-state index in [1.165, 1.54) is 12.8 Å². The van der Waals surface area contributed by atoms with Gasteiger partial charge in [-0.1, -0.05) is 62.8 Å². The van der Waals surface area contributed by atoms with Crippen molar-refractivity contribution in [1.82, 2.24) is 9.97 Å². The Labute approximate surface area is 202 Å². The zero-order valence-corrected chi connectivity index (χ0v) is 20.3. The van der Waals surface area contributed by atoms with Crippen LogP contribution in [-0.4, -0.2) is 29.3 Å². The lowest BCUT2D eigenvalue weighted by atomic mass is 10.0. The van der Waals surface area contributed by atoms with E-state index in [1.807, 2.05) is 36.4 Å². The third-order valence-corrected chi connectivity index (χ3v) is 5.63. The maximum Gasteiger partial charge on any atom is 0.317 e. The minimum absolute atomic E-state index is 0.248. The van der Waals surface area contributed by atoms with Crippen LogP contribution >= 0.6 is 0 Å². The predicted octanol–water partition coefficient (Wildman–Crippen LogP) is 7.78. The Hall–Kier alpha value is -3.05. The quantitative estimate of drug-likeness (QED) is 0.181. The van der Waals surface area contributed by atoms with Gasteiger partial charge in [-0.15, -0.1) is 0 Å². The van der Waals surface area contributed by atoms with Gasteiger partial charge in [0.05, 0.1) is 11.6 Å². The Balaban J connectivity index is 1.55. The van der Waals surface area contributed by atoms with Crippen molar-refractivity contribution >= 4 is 17.0 Å². The van der Waals surface area contributed by atoms with E-state index < -0.39 is 0 Å². The highest BCUT2D eigenvalue weighted by Crippen LogP contribution is 2.27. The molecule has 1 atom stereocenters. The molecule has 0 fully saturated rings. The van der Waals surface area contributed by atoms with Gasteiger partial charge in [0, 0.05) is 23.8 Å². The van der Waals surface area contributed by atoms with E-state index in [1.54, 1.807) is 18.3 Å². The van der Waals surface area contributed by atoms with E-state index in [2.05, 4.69) is 36.5 Å². The molecule has 0 saturated carbocycles.